The van der Waals surface area contributed by atoms with Gasteiger partial charge in [0.2, 0.25) is 6.71 Å². The number of aromatic nitrogens is 2. The van der Waals surface area contributed by atoms with Crippen molar-refractivity contribution in [1.82, 2.24) is 9.13 Å². The first-order valence-corrected chi connectivity index (χ1v) is 15.5. The lowest BCUT2D eigenvalue weighted by Crippen LogP contribution is -2.59. The normalized spacial score (nSPS) is 12.8. The molecule has 7 aromatic carbocycles. The summed E-state index contributed by atoms with van der Waals surface area (Å²) in [6.45, 7) is 6.57. The second kappa shape index (κ2) is 8.55. The van der Waals surface area contributed by atoms with Crippen molar-refractivity contribution in [3.63, 3.8) is 0 Å². The van der Waals surface area contributed by atoms with Crippen LogP contribution in [-0.2, 0) is 0 Å². The summed E-state index contributed by atoms with van der Waals surface area (Å²) in [5.41, 5.74) is 12.2. The number of nitrogens with zero attached hydrogens (tertiary/aromatic N) is 2. The van der Waals surface area contributed by atoms with Crippen LogP contribution in [0.15, 0.2) is 118 Å². The third-order valence-corrected chi connectivity index (χ3v) is 10.0. The fourth-order valence-corrected chi connectivity index (χ4v) is 8.27. The van der Waals surface area contributed by atoms with Gasteiger partial charge in [0.25, 0.3) is 0 Å². The average molecular weight is 578 g/mol. The molecule has 0 aromatic heterocycles. The molecule has 3 aliphatic rings. The molecular weight excluding hydrogens is 551 g/mol. The Hall–Kier alpha value is -5.55. The number of benzene rings is 7. The van der Waals surface area contributed by atoms with E-state index in [0.717, 1.165) is 60.3 Å². The lowest BCUT2D eigenvalue weighted by atomic mass is 9.34. The first kappa shape index (κ1) is 24.9. The summed E-state index contributed by atoms with van der Waals surface area (Å²) in [7, 11) is 0. The highest BCUT2D eigenvalue weighted by Gasteiger charge is 2.37. The highest BCUT2D eigenvalue weighted by molar-refractivity contribution is 6.98. The predicted molar refractivity (Wildman–Crippen MR) is 188 cm³/mol. The summed E-state index contributed by atoms with van der Waals surface area (Å²) in [6.07, 6.45) is 0. The smallest absolute Gasteiger partial charge is 0.338 e. The Kier molecular flexibility index (Phi) is 4.72. The third kappa shape index (κ3) is 3.20. The molecule has 7 aromatic rings. The first-order chi connectivity index (χ1) is 22.0. The van der Waals surface area contributed by atoms with Crippen molar-refractivity contribution < 1.29 is 4.42 Å². The highest BCUT2D eigenvalue weighted by Crippen LogP contribution is 2.38. The van der Waals surface area contributed by atoms with E-state index in [-0.39, 0.29) is 12.4 Å². The second-order valence-electron chi connectivity index (χ2n) is 12.7. The van der Waals surface area contributed by atoms with E-state index in [2.05, 4.69) is 106 Å². The van der Waals surface area contributed by atoms with Gasteiger partial charge in [-0.25, -0.2) is 4.79 Å². The maximum absolute atomic E-state index is 15.2. The zero-order valence-corrected chi connectivity index (χ0v) is 25.2. The molecule has 45 heavy (non-hydrogen) atoms. The van der Waals surface area contributed by atoms with Crippen molar-refractivity contribution in [3.8, 4) is 11.4 Å². The molecule has 0 atom stereocenters. The maximum Gasteiger partial charge on any atom is 0.338 e. The van der Waals surface area contributed by atoms with E-state index in [1.54, 1.807) is 0 Å². The van der Waals surface area contributed by atoms with E-state index in [0.29, 0.717) is 11.2 Å². The number of hydrogen-bond donors (Lipinski definition) is 0. The van der Waals surface area contributed by atoms with Gasteiger partial charge in [0.15, 0.2) is 11.2 Å². The van der Waals surface area contributed by atoms with Gasteiger partial charge in [-0.1, -0.05) is 107 Å². The Morgan fingerprint density at radius 1 is 0.600 bits per heavy atom. The van der Waals surface area contributed by atoms with Gasteiger partial charge < -0.3 is 4.42 Å². The van der Waals surface area contributed by atoms with E-state index < -0.39 is 0 Å². The van der Waals surface area contributed by atoms with Crippen molar-refractivity contribution in [2.75, 3.05) is 0 Å². The zero-order valence-electron chi connectivity index (χ0n) is 25.2. The Labute approximate surface area is 259 Å². The fourth-order valence-electron chi connectivity index (χ4n) is 8.27. The third-order valence-electron chi connectivity index (χ3n) is 10.0. The Morgan fingerprint density at radius 3 is 1.98 bits per heavy atom. The Balaban J connectivity index is 1.47. The second-order valence-corrected chi connectivity index (χ2v) is 12.7. The SMILES string of the molecule is Cc1cc(C)c(B2c3cc4ccccc4cc3-n3c(=O)n4c5cc6ccccc6cc5oc5ccc6ccc2c3c6c5-4)c(C)c1. The van der Waals surface area contributed by atoms with Gasteiger partial charge >= 0.3 is 5.69 Å². The van der Waals surface area contributed by atoms with E-state index in [4.69, 9.17) is 4.42 Å². The number of aryl methyl sites for hydroxylation is 3. The highest BCUT2D eigenvalue weighted by atomic mass is 16.3. The topological polar surface area (TPSA) is 40.1 Å². The minimum Gasteiger partial charge on any atom is -0.453 e. The van der Waals surface area contributed by atoms with E-state index >= 15 is 4.79 Å². The summed E-state index contributed by atoms with van der Waals surface area (Å²) < 4.78 is 10.5. The Morgan fingerprint density at radius 2 is 1.24 bits per heavy atom. The van der Waals surface area contributed by atoms with Crippen LogP contribution in [-0.4, -0.2) is 15.8 Å². The van der Waals surface area contributed by atoms with Crippen LogP contribution < -0.4 is 22.1 Å². The van der Waals surface area contributed by atoms with Crippen molar-refractivity contribution >= 4 is 77.6 Å². The molecular formula is C40H27BN2O2. The number of fused-ring (bicyclic) bond motifs is 6. The Bertz CT molecular complexity index is 2760. The lowest BCUT2D eigenvalue weighted by molar-refractivity contribution is 0.643. The van der Waals surface area contributed by atoms with Crippen molar-refractivity contribution in [3.05, 3.63) is 136 Å². The van der Waals surface area contributed by atoms with Crippen molar-refractivity contribution in [2.45, 2.75) is 20.8 Å². The minimum absolute atomic E-state index is 0.0307. The van der Waals surface area contributed by atoms with E-state index in [1.165, 1.54) is 27.5 Å². The number of hydrogen-bond acceptors (Lipinski definition) is 2. The first-order valence-electron chi connectivity index (χ1n) is 15.5. The molecule has 5 heteroatoms. The fraction of sp³-hybridized carbons (Fsp3) is 0.0750. The van der Waals surface area contributed by atoms with Gasteiger partial charge in [-0.3, -0.25) is 9.13 Å². The molecule has 3 aliphatic heterocycles. The standard InChI is InChI=1S/C40H27BN2O2/c1-22-16-23(2)37(24(3)17-22)41-30-14-12-25-13-15-34-39-36(25)38(30)42(32-19-27-9-5-4-8-26(27)18-31(32)41)40(44)43(39)33-20-28-10-6-7-11-29(28)21-35(33)45-34/h4-21H,1-3H3. The summed E-state index contributed by atoms with van der Waals surface area (Å²) in [5.74, 6) is 0. The van der Waals surface area contributed by atoms with Crippen molar-refractivity contribution in [2.24, 2.45) is 0 Å². The average Bonchev–Trinajstić information content (AvgIpc) is 3.04. The molecule has 0 radical (unpaired) electrons. The minimum atomic E-state index is -0.0872. The molecule has 212 valence electrons. The predicted octanol–water partition coefficient (Wildman–Crippen LogP) is 7.18. The van der Waals surface area contributed by atoms with Crippen LogP contribution in [0.3, 0.4) is 0 Å². The van der Waals surface area contributed by atoms with Gasteiger partial charge in [0, 0.05) is 11.1 Å². The van der Waals surface area contributed by atoms with Crippen LogP contribution in [0.25, 0.3) is 65.9 Å². The molecule has 0 bridgehead atoms. The zero-order chi connectivity index (χ0) is 30.1. The molecule has 0 unspecified atom stereocenters. The molecule has 0 N–H and O–H groups in total. The van der Waals surface area contributed by atoms with Crippen LogP contribution in [0.1, 0.15) is 16.7 Å². The van der Waals surface area contributed by atoms with E-state index in [1.807, 2.05) is 33.4 Å². The monoisotopic (exact) mass is 578 g/mol. The summed E-state index contributed by atoms with van der Waals surface area (Å²) in [5, 5.41) is 6.57. The molecule has 0 fully saturated rings. The molecule has 0 saturated heterocycles. The summed E-state index contributed by atoms with van der Waals surface area (Å²) in [4.78, 5) is 15.2. The van der Waals surface area contributed by atoms with Crippen molar-refractivity contribution in [1.29, 1.82) is 0 Å². The van der Waals surface area contributed by atoms with Crippen LogP contribution >= 0.6 is 0 Å². The van der Waals surface area contributed by atoms with Crippen LogP contribution in [0.2, 0.25) is 0 Å². The maximum atomic E-state index is 15.2. The van der Waals surface area contributed by atoms with Crippen LogP contribution in [0, 0.1) is 20.8 Å². The van der Waals surface area contributed by atoms with Gasteiger partial charge in [0.05, 0.1) is 11.0 Å². The van der Waals surface area contributed by atoms with E-state index in [9.17, 15) is 0 Å². The summed E-state index contributed by atoms with van der Waals surface area (Å²) >= 11 is 0. The molecule has 0 saturated carbocycles. The van der Waals surface area contributed by atoms with Gasteiger partial charge in [-0.15, -0.1) is 0 Å². The van der Waals surface area contributed by atoms with Crippen LogP contribution in [0.4, 0.5) is 0 Å². The quantitative estimate of drug-likeness (QED) is 0.118. The van der Waals surface area contributed by atoms with Crippen LogP contribution in [0.5, 0.6) is 0 Å². The lowest BCUT2D eigenvalue weighted by Gasteiger charge is -2.33. The number of rotatable bonds is 1. The van der Waals surface area contributed by atoms with Gasteiger partial charge in [-0.05, 0) is 82.9 Å². The molecule has 0 amide bonds. The largest absolute Gasteiger partial charge is 0.453 e. The van der Waals surface area contributed by atoms with Gasteiger partial charge in [0.1, 0.15) is 5.69 Å². The van der Waals surface area contributed by atoms with Gasteiger partial charge in [-0.2, -0.15) is 0 Å². The molecule has 4 nitrogen and oxygen atoms in total. The molecule has 3 heterocycles. The summed E-state index contributed by atoms with van der Waals surface area (Å²) in [6, 6.07) is 38.5. The molecule has 10 rings (SSSR count). The molecule has 0 aliphatic carbocycles. The molecule has 0 spiro atoms.